The van der Waals surface area contributed by atoms with Crippen molar-refractivity contribution in [3.63, 3.8) is 0 Å². The third kappa shape index (κ3) is 4.79. The molecule has 31 heavy (non-hydrogen) atoms. The van der Waals surface area contributed by atoms with E-state index in [4.69, 9.17) is 9.47 Å². The minimum atomic E-state index is -3.77. The minimum absolute atomic E-state index is 0.0633. The Morgan fingerprint density at radius 3 is 2.81 bits per heavy atom. The van der Waals surface area contributed by atoms with E-state index in [1.807, 2.05) is 6.07 Å². The molecule has 2 aromatic rings. The smallest absolute Gasteiger partial charge is 0.265 e. The molecule has 1 amide bonds. The van der Waals surface area contributed by atoms with Crippen LogP contribution in [0.5, 0.6) is 5.75 Å². The van der Waals surface area contributed by atoms with Gasteiger partial charge in [0.05, 0.1) is 24.7 Å². The number of morpholine rings is 1. The third-order valence-corrected chi connectivity index (χ3v) is 8.80. The van der Waals surface area contributed by atoms with Crippen molar-refractivity contribution in [2.45, 2.75) is 38.0 Å². The molecule has 2 heterocycles. The number of carbonyl (C=O) groups excluding carboxylic acids is 1. The molecule has 168 valence electrons. The first-order valence-corrected chi connectivity index (χ1v) is 12.9. The summed E-state index contributed by atoms with van der Waals surface area (Å²) in [7, 11) is -3.77. The zero-order chi connectivity index (χ0) is 22.0. The number of ether oxygens (including phenoxy) is 2. The van der Waals surface area contributed by atoms with Gasteiger partial charge in [-0.15, -0.1) is 11.3 Å². The van der Waals surface area contributed by atoms with E-state index < -0.39 is 10.0 Å². The Labute approximate surface area is 187 Å². The number of rotatable bonds is 6. The van der Waals surface area contributed by atoms with Gasteiger partial charge in [-0.2, -0.15) is 4.31 Å². The van der Waals surface area contributed by atoms with Crippen molar-refractivity contribution in [2.24, 2.45) is 5.92 Å². The summed E-state index contributed by atoms with van der Waals surface area (Å²) in [5, 5.41) is 2.87. The van der Waals surface area contributed by atoms with Gasteiger partial charge in [0.15, 0.2) is 0 Å². The van der Waals surface area contributed by atoms with Gasteiger partial charge < -0.3 is 14.8 Å². The molecule has 7 nitrogen and oxygen atoms in total. The molecule has 1 aromatic heterocycles. The molecular weight excluding hydrogens is 436 g/mol. The molecule has 1 fully saturated rings. The van der Waals surface area contributed by atoms with Crippen LogP contribution in [0.1, 0.15) is 40.4 Å². The number of hydrogen-bond acceptors (Lipinski definition) is 6. The largest absolute Gasteiger partial charge is 0.492 e. The number of sulfonamides is 1. The topological polar surface area (TPSA) is 84.9 Å². The maximum absolute atomic E-state index is 13.2. The Balaban J connectivity index is 1.59. The van der Waals surface area contributed by atoms with Crippen LogP contribution in [-0.4, -0.2) is 51.5 Å². The molecule has 1 aromatic carbocycles. The summed E-state index contributed by atoms with van der Waals surface area (Å²) in [5.41, 5.74) is 1.69. The number of nitrogens with one attached hydrogen (secondary N) is 1. The van der Waals surface area contributed by atoms with Gasteiger partial charge in [0, 0.05) is 23.7 Å². The second-order valence-corrected chi connectivity index (χ2v) is 11.0. The Hall–Kier alpha value is -1.94. The number of benzene rings is 1. The number of anilines is 1. The number of fused-ring (bicyclic) bond motifs is 1. The molecule has 1 atom stereocenters. The predicted octanol–water partition coefficient (Wildman–Crippen LogP) is 3.54. The first-order valence-electron chi connectivity index (χ1n) is 10.7. The maximum Gasteiger partial charge on any atom is 0.265 e. The van der Waals surface area contributed by atoms with Crippen LogP contribution in [0.15, 0.2) is 29.2 Å². The number of thiophene rings is 1. The Morgan fingerprint density at radius 1 is 1.29 bits per heavy atom. The Morgan fingerprint density at radius 2 is 2.06 bits per heavy atom. The molecule has 0 bridgehead atoms. The molecule has 1 aliphatic heterocycles. The second-order valence-electron chi connectivity index (χ2n) is 7.97. The van der Waals surface area contributed by atoms with Gasteiger partial charge in [-0.1, -0.05) is 6.92 Å². The third-order valence-electron chi connectivity index (χ3n) is 5.64. The molecular formula is C22H28N2O5S2. The zero-order valence-corrected chi connectivity index (χ0v) is 19.5. The van der Waals surface area contributed by atoms with Gasteiger partial charge in [-0.3, -0.25) is 4.79 Å². The summed E-state index contributed by atoms with van der Waals surface area (Å²) in [6.45, 7) is 5.70. The van der Waals surface area contributed by atoms with E-state index >= 15 is 0 Å². The van der Waals surface area contributed by atoms with Crippen LogP contribution in [-0.2, 0) is 27.6 Å². The monoisotopic (exact) mass is 464 g/mol. The average Bonchev–Trinajstić information content (AvgIpc) is 3.19. The van der Waals surface area contributed by atoms with Crippen LogP contribution < -0.4 is 10.1 Å². The molecule has 2 aliphatic rings. The lowest BCUT2D eigenvalue weighted by Crippen LogP contribution is -2.40. The lowest BCUT2D eigenvalue weighted by Gasteiger charge is -2.27. The number of hydrogen-bond donors (Lipinski definition) is 1. The summed E-state index contributed by atoms with van der Waals surface area (Å²) in [6, 6.07) is 6.75. The van der Waals surface area contributed by atoms with Gasteiger partial charge in [0.25, 0.3) is 5.91 Å². The molecule has 1 saturated heterocycles. The first kappa shape index (κ1) is 22.3. The van der Waals surface area contributed by atoms with E-state index in [1.54, 1.807) is 19.1 Å². The molecule has 0 spiro atoms. The normalized spacial score (nSPS) is 19.6. The summed E-state index contributed by atoms with van der Waals surface area (Å²) >= 11 is 1.53. The van der Waals surface area contributed by atoms with E-state index in [1.165, 1.54) is 32.1 Å². The van der Waals surface area contributed by atoms with Crippen molar-refractivity contribution in [3.05, 3.63) is 39.6 Å². The number of amides is 1. The van der Waals surface area contributed by atoms with Crippen molar-refractivity contribution in [3.8, 4) is 5.75 Å². The highest BCUT2D eigenvalue weighted by molar-refractivity contribution is 7.89. The lowest BCUT2D eigenvalue weighted by molar-refractivity contribution is 0.0729. The Kier molecular flexibility index (Phi) is 6.66. The highest BCUT2D eigenvalue weighted by Crippen LogP contribution is 2.34. The van der Waals surface area contributed by atoms with Gasteiger partial charge in [0.2, 0.25) is 10.0 Å². The fourth-order valence-corrected chi connectivity index (χ4v) is 6.67. The highest BCUT2D eigenvalue weighted by Gasteiger charge is 2.30. The molecule has 0 radical (unpaired) electrons. The van der Waals surface area contributed by atoms with Crippen LogP contribution in [0.4, 0.5) is 5.69 Å². The lowest BCUT2D eigenvalue weighted by atomic mass is 9.90. The fourth-order valence-electron chi connectivity index (χ4n) is 4.00. The predicted molar refractivity (Wildman–Crippen MR) is 121 cm³/mol. The number of nitrogens with zero attached hydrogens (tertiary/aromatic N) is 1. The Bertz CT molecular complexity index is 1060. The van der Waals surface area contributed by atoms with E-state index in [9.17, 15) is 13.2 Å². The summed E-state index contributed by atoms with van der Waals surface area (Å²) < 4.78 is 38.7. The molecule has 9 heteroatoms. The van der Waals surface area contributed by atoms with Crippen LogP contribution in [0.3, 0.4) is 0 Å². The first-order chi connectivity index (χ1) is 14.9. The number of carbonyl (C=O) groups is 1. The van der Waals surface area contributed by atoms with Gasteiger partial charge >= 0.3 is 0 Å². The summed E-state index contributed by atoms with van der Waals surface area (Å²) in [4.78, 5) is 14.9. The van der Waals surface area contributed by atoms with Crippen LogP contribution in [0.2, 0.25) is 0 Å². The van der Waals surface area contributed by atoms with Crippen LogP contribution >= 0.6 is 11.3 Å². The zero-order valence-electron chi connectivity index (χ0n) is 17.8. The molecule has 1 unspecified atom stereocenters. The summed E-state index contributed by atoms with van der Waals surface area (Å²) in [5.74, 6) is 0.704. The molecule has 1 N–H and O–H groups in total. The van der Waals surface area contributed by atoms with Crippen molar-refractivity contribution in [2.75, 3.05) is 38.2 Å². The van der Waals surface area contributed by atoms with Gasteiger partial charge in [0.1, 0.15) is 10.6 Å². The average molecular weight is 465 g/mol. The van der Waals surface area contributed by atoms with Crippen molar-refractivity contribution in [1.29, 1.82) is 0 Å². The standard InChI is InChI=1S/C22H28N2O5S2/c1-3-29-18-6-5-17(14-21(18)31(26,27)24-8-10-28-11-9-24)23-22(25)20-13-16-12-15(2)4-7-19(16)30-20/h5-6,13-15H,3-4,7-12H2,1-2H3,(H,23,25). The van der Waals surface area contributed by atoms with E-state index in [-0.39, 0.29) is 16.6 Å². The fraction of sp³-hybridized carbons (Fsp3) is 0.500. The van der Waals surface area contributed by atoms with E-state index in [0.717, 1.165) is 19.3 Å². The SMILES string of the molecule is CCOc1ccc(NC(=O)c2cc3c(s2)CCC(C)C3)cc1S(=O)(=O)N1CCOCC1. The maximum atomic E-state index is 13.2. The van der Waals surface area contributed by atoms with Gasteiger partial charge in [-0.05, 0) is 61.9 Å². The van der Waals surface area contributed by atoms with E-state index in [0.29, 0.717) is 49.4 Å². The van der Waals surface area contributed by atoms with Crippen molar-refractivity contribution >= 4 is 33.0 Å². The summed E-state index contributed by atoms with van der Waals surface area (Å²) in [6.07, 6.45) is 3.17. The van der Waals surface area contributed by atoms with Crippen LogP contribution in [0, 0.1) is 5.92 Å². The van der Waals surface area contributed by atoms with Crippen molar-refractivity contribution < 1.29 is 22.7 Å². The van der Waals surface area contributed by atoms with E-state index in [2.05, 4.69) is 12.2 Å². The van der Waals surface area contributed by atoms with Crippen LogP contribution in [0.25, 0.3) is 0 Å². The second kappa shape index (κ2) is 9.28. The number of aryl methyl sites for hydroxylation is 1. The molecule has 0 saturated carbocycles. The highest BCUT2D eigenvalue weighted by atomic mass is 32.2. The minimum Gasteiger partial charge on any atom is -0.492 e. The quantitative estimate of drug-likeness (QED) is 0.707. The molecule has 1 aliphatic carbocycles. The molecule has 4 rings (SSSR count). The van der Waals surface area contributed by atoms with Gasteiger partial charge in [-0.25, -0.2) is 8.42 Å². The van der Waals surface area contributed by atoms with Crippen molar-refractivity contribution in [1.82, 2.24) is 4.31 Å².